The van der Waals surface area contributed by atoms with E-state index in [0.29, 0.717) is 42.3 Å². The van der Waals surface area contributed by atoms with Gasteiger partial charge < -0.3 is 29.8 Å². The molecule has 2 saturated heterocycles. The summed E-state index contributed by atoms with van der Waals surface area (Å²) in [6.07, 6.45) is 2.82. The van der Waals surface area contributed by atoms with Crippen LogP contribution in [0.15, 0.2) is 30.3 Å². The number of piperidine rings is 2. The van der Waals surface area contributed by atoms with Gasteiger partial charge in [0.25, 0.3) is 5.91 Å². The van der Waals surface area contributed by atoms with Gasteiger partial charge in [-0.1, -0.05) is 0 Å². The van der Waals surface area contributed by atoms with Crippen molar-refractivity contribution in [2.45, 2.75) is 56.8 Å². The average Bonchev–Trinajstić information content (AvgIpc) is 3.65. The first-order valence-corrected chi connectivity index (χ1v) is 14.8. The molecular weight excluding hydrogens is 537 g/mol. The van der Waals surface area contributed by atoms with Crippen LogP contribution in [0.4, 0.5) is 4.39 Å². The van der Waals surface area contributed by atoms with Crippen molar-refractivity contribution in [1.82, 2.24) is 29.3 Å². The molecule has 1 aromatic carbocycles. The Balaban J connectivity index is 1.31. The fourth-order valence-corrected chi connectivity index (χ4v) is 6.58. The first kappa shape index (κ1) is 26.9. The molecule has 220 valence electrons. The molecule has 7 rings (SSSR count). The monoisotopic (exact) mass is 573 g/mol. The van der Waals surface area contributed by atoms with E-state index in [-0.39, 0.29) is 36.7 Å². The number of aromatic nitrogens is 4. The van der Waals surface area contributed by atoms with Crippen LogP contribution in [0.25, 0.3) is 33.6 Å². The number of alkyl halides is 1. The lowest BCUT2D eigenvalue weighted by molar-refractivity contribution is -0.122. The van der Waals surface area contributed by atoms with Gasteiger partial charge in [0, 0.05) is 61.7 Å². The fraction of sp³-hybridized carbons (Fsp3) is 0.484. The summed E-state index contributed by atoms with van der Waals surface area (Å²) in [6.45, 7) is 1.85. The van der Waals surface area contributed by atoms with Crippen LogP contribution in [0.5, 0.6) is 5.75 Å². The number of hydrogen-bond donors (Lipinski definition) is 2. The molecule has 3 atom stereocenters. The summed E-state index contributed by atoms with van der Waals surface area (Å²) in [5, 5.41) is 3.93. The zero-order valence-electron chi connectivity index (χ0n) is 24.0. The molecule has 3 aromatic heterocycles. The molecule has 3 N–H and O–H groups in total. The number of methoxy groups -OCH3 is 1. The Morgan fingerprint density at radius 3 is 2.74 bits per heavy atom. The Hall–Kier alpha value is -3.99. The van der Waals surface area contributed by atoms with Gasteiger partial charge in [0.2, 0.25) is 5.91 Å². The summed E-state index contributed by atoms with van der Waals surface area (Å²) in [5.74, 6) is 1.76. The molecule has 1 aliphatic carbocycles. The minimum absolute atomic E-state index is 0.0299. The molecule has 0 spiro atoms. The number of fused-ring (bicyclic) bond motifs is 2. The number of imidazole rings is 1. The number of carbonyl (C=O) groups excluding carboxylic acids is 2. The molecule has 1 saturated carbocycles. The van der Waals surface area contributed by atoms with Gasteiger partial charge in [-0.2, -0.15) is 0 Å². The summed E-state index contributed by atoms with van der Waals surface area (Å²) in [6, 6.07) is 9.34. The number of benzene rings is 1. The van der Waals surface area contributed by atoms with E-state index < -0.39 is 6.17 Å². The van der Waals surface area contributed by atoms with Gasteiger partial charge in [0.05, 0.1) is 24.9 Å². The van der Waals surface area contributed by atoms with Crippen molar-refractivity contribution < 1.29 is 18.7 Å². The second-order valence-corrected chi connectivity index (χ2v) is 12.1. The number of nitrogens with zero attached hydrogens (tertiary/aromatic N) is 5. The van der Waals surface area contributed by atoms with Crippen molar-refractivity contribution in [3.63, 3.8) is 0 Å². The first-order valence-electron chi connectivity index (χ1n) is 14.8. The summed E-state index contributed by atoms with van der Waals surface area (Å²) in [7, 11) is 3.52. The maximum atomic E-state index is 14.2. The molecule has 10 nitrogen and oxygen atoms in total. The van der Waals surface area contributed by atoms with Crippen LogP contribution in [0.3, 0.4) is 0 Å². The number of rotatable bonds is 6. The summed E-state index contributed by atoms with van der Waals surface area (Å²) < 4.78 is 24.2. The lowest BCUT2D eigenvalue weighted by atomic mass is 9.93. The molecule has 0 bridgehead atoms. The number of halogens is 1. The summed E-state index contributed by atoms with van der Waals surface area (Å²) >= 11 is 0. The van der Waals surface area contributed by atoms with Crippen LogP contribution in [0, 0.1) is 5.92 Å². The van der Waals surface area contributed by atoms with E-state index in [2.05, 4.69) is 22.0 Å². The molecule has 5 heterocycles. The fourth-order valence-electron chi connectivity index (χ4n) is 6.58. The molecule has 4 aromatic rings. The summed E-state index contributed by atoms with van der Waals surface area (Å²) in [5.41, 5.74) is 10.6. The number of hydrogen-bond acceptors (Lipinski definition) is 6. The predicted molar refractivity (Wildman–Crippen MR) is 157 cm³/mol. The summed E-state index contributed by atoms with van der Waals surface area (Å²) in [4.78, 5) is 37.1. The Labute approximate surface area is 243 Å². The highest BCUT2D eigenvalue weighted by Gasteiger charge is 2.31. The molecule has 3 fully saturated rings. The number of nitrogens with one attached hydrogen (secondary N) is 1. The van der Waals surface area contributed by atoms with Crippen molar-refractivity contribution in [3.8, 4) is 17.3 Å². The van der Waals surface area contributed by atoms with Crippen molar-refractivity contribution >= 4 is 33.9 Å². The molecule has 2 amide bonds. The van der Waals surface area contributed by atoms with Crippen molar-refractivity contribution in [3.05, 3.63) is 41.6 Å². The highest BCUT2D eigenvalue weighted by molar-refractivity contribution is 6.00. The second-order valence-electron chi connectivity index (χ2n) is 12.1. The van der Waals surface area contributed by atoms with E-state index in [1.165, 1.54) is 17.7 Å². The van der Waals surface area contributed by atoms with Gasteiger partial charge in [-0.15, -0.1) is 0 Å². The van der Waals surface area contributed by atoms with Gasteiger partial charge in [-0.05, 0) is 61.9 Å². The third kappa shape index (κ3) is 4.79. The topological polar surface area (TPSA) is 120 Å². The molecule has 3 aliphatic rings. The van der Waals surface area contributed by atoms with Gasteiger partial charge in [0.15, 0.2) is 5.82 Å². The number of likely N-dealkylation sites (tertiary alicyclic amines) is 1. The van der Waals surface area contributed by atoms with E-state index in [1.807, 2.05) is 17.7 Å². The SMILES string of the molecule is COc1cc(C(=O)N2C[C@H](N)C[C@@H](F)C2)cc2nc(-c3cc4ccc(C5CCNC(=O)C5)nc4n3CC3CC3)n(C)c12. The van der Waals surface area contributed by atoms with Crippen LogP contribution >= 0.6 is 0 Å². The quantitative estimate of drug-likeness (QED) is 0.364. The standard InChI is InChI=1S/C31H36FN7O3/c1-37-28-24(9-20(11-26(28)42-2)31(41)38-15-21(32)13-22(33)16-38)36-30(37)25-10-19-5-6-23(18-7-8-34-27(40)12-18)35-29(19)39(25)14-17-3-4-17/h5-6,9-11,17-18,21-22H,3-4,7-8,12-16,33H2,1-2H3,(H,34,40)/t18?,21-,22-/m1/s1. The third-order valence-corrected chi connectivity index (χ3v) is 8.92. The van der Waals surface area contributed by atoms with Crippen LogP contribution in [-0.4, -0.2) is 74.8 Å². The molecule has 1 unspecified atom stereocenters. The predicted octanol–water partition coefficient (Wildman–Crippen LogP) is 3.51. The number of carbonyl (C=O) groups is 2. The van der Waals surface area contributed by atoms with E-state index in [1.54, 1.807) is 19.2 Å². The van der Waals surface area contributed by atoms with Crippen molar-refractivity contribution in [2.75, 3.05) is 26.7 Å². The largest absolute Gasteiger partial charge is 0.494 e. The highest BCUT2D eigenvalue weighted by Crippen LogP contribution is 2.38. The maximum absolute atomic E-state index is 14.2. The van der Waals surface area contributed by atoms with Crippen LogP contribution in [-0.2, 0) is 18.4 Å². The first-order chi connectivity index (χ1) is 20.3. The minimum atomic E-state index is -1.14. The number of nitrogens with two attached hydrogens (primary N) is 1. The van der Waals surface area contributed by atoms with E-state index in [9.17, 15) is 14.0 Å². The van der Waals surface area contributed by atoms with Crippen molar-refractivity contribution in [1.29, 1.82) is 0 Å². The normalized spacial score (nSPS) is 23.0. The minimum Gasteiger partial charge on any atom is -0.494 e. The number of pyridine rings is 1. The van der Waals surface area contributed by atoms with Gasteiger partial charge >= 0.3 is 0 Å². The molecular formula is C31H36FN7O3. The van der Waals surface area contributed by atoms with Gasteiger partial charge in [-0.3, -0.25) is 9.59 Å². The Kier molecular flexibility index (Phi) is 6.64. The van der Waals surface area contributed by atoms with Gasteiger partial charge in [-0.25, -0.2) is 14.4 Å². The van der Waals surface area contributed by atoms with E-state index in [0.717, 1.165) is 46.7 Å². The molecule has 2 aliphatic heterocycles. The van der Waals surface area contributed by atoms with Gasteiger partial charge in [0.1, 0.15) is 23.1 Å². The lowest BCUT2D eigenvalue weighted by Crippen LogP contribution is -2.50. The second kappa shape index (κ2) is 10.4. The Morgan fingerprint density at radius 2 is 2.00 bits per heavy atom. The maximum Gasteiger partial charge on any atom is 0.254 e. The Bertz CT molecular complexity index is 1700. The van der Waals surface area contributed by atoms with Crippen LogP contribution in [0.1, 0.15) is 54.1 Å². The van der Waals surface area contributed by atoms with Crippen LogP contribution < -0.4 is 15.8 Å². The number of ether oxygens (including phenoxy) is 1. The van der Waals surface area contributed by atoms with E-state index >= 15 is 0 Å². The highest BCUT2D eigenvalue weighted by atomic mass is 19.1. The Morgan fingerprint density at radius 1 is 1.17 bits per heavy atom. The molecule has 11 heteroatoms. The zero-order valence-corrected chi connectivity index (χ0v) is 24.0. The van der Waals surface area contributed by atoms with E-state index in [4.69, 9.17) is 20.4 Å². The smallest absolute Gasteiger partial charge is 0.254 e. The molecule has 0 radical (unpaired) electrons. The number of aryl methyl sites for hydroxylation is 1. The zero-order chi connectivity index (χ0) is 29.1. The molecule has 42 heavy (non-hydrogen) atoms. The number of amides is 2. The van der Waals surface area contributed by atoms with Crippen LogP contribution in [0.2, 0.25) is 0 Å². The lowest BCUT2D eigenvalue weighted by Gasteiger charge is -2.33. The average molecular weight is 574 g/mol. The van der Waals surface area contributed by atoms with Crippen molar-refractivity contribution in [2.24, 2.45) is 18.7 Å². The third-order valence-electron chi connectivity index (χ3n) is 8.92.